The van der Waals surface area contributed by atoms with Gasteiger partial charge in [0.05, 0.1) is 10.6 Å². The molecule has 1 fully saturated rings. The van der Waals surface area contributed by atoms with Crippen LogP contribution in [0.5, 0.6) is 0 Å². The minimum Gasteiger partial charge on any atom is -0.333 e. The van der Waals surface area contributed by atoms with Gasteiger partial charge in [0.15, 0.2) is 0 Å². The highest BCUT2D eigenvalue weighted by Gasteiger charge is 2.29. The Bertz CT molecular complexity index is 987. The molecule has 1 aliphatic heterocycles. The Balaban J connectivity index is 1.45. The molecule has 4 rings (SSSR count). The summed E-state index contributed by atoms with van der Waals surface area (Å²) < 4.78 is 13.2. The molecular formula is C23H24FN3OS. The Morgan fingerprint density at radius 3 is 2.69 bits per heavy atom. The van der Waals surface area contributed by atoms with Crippen LogP contribution in [0.1, 0.15) is 27.9 Å². The van der Waals surface area contributed by atoms with E-state index in [0.717, 1.165) is 46.2 Å². The number of piperazine rings is 1. The molecule has 0 N–H and O–H groups in total. The van der Waals surface area contributed by atoms with Gasteiger partial charge in [-0.05, 0) is 55.3 Å². The van der Waals surface area contributed by atoms with Crippen LogP contribution >= 0.6 is 11.3 Å². The number of hydrogen-bond acceptors (Lipinski definition) is 4. The highest BCUT2D eigenvalue weighted by molar-refractivity contribution is 7.17. The van der Waals surface area contributed by atoms with Gasteiger partial charge in [0.2, 0.25) is 0 Å². The summed E-state index contributed by atoms with van der Waals surface area (Å²) in [5, 5.41) is 0. The maximum Gasteiger partial charge on any atom is 0.264 e. The third kappa shape index (κ3) is 4.38. The second-order valence-corrected chi connectivity index (χ2v) is 8.59. The quantitative estimate of drug-likeness (QED) is 0.632. The van der Waals surface area contributed by atoms with Gasteiger partial charge in [-0.3, -0.25) is 14.7 Å². The number of rotatable bonds is 4. The van der Waals surface area contributed by atoms with Crippen LogP contribution in [0, 0.1) is 12.7 Å². The van der Waals surface area contributed by atoms with Crippen molar-refractivity contribution in [3.05, 3.63) is 76.7 Å². The molecule has 1 aromatic carbocycles. The molecule has 0 bridgehead atoms. The number of hydrogen-bond donors (Lipinski definition) is 0. The lowest BCUT2D eigenvalue weighted by atomic mass is 10.1. The van der Waals surface area contributed by atoms with Gasteiger partial charge in [0, 0.05) is 43.3 Å². The number of benzene rings is 1. The number of aryl methyl sites for hydroxylation is 1. The predicted molar refractivity (Wildman–Crippen MR) is 114 cm³/mol. The lowest BCUT2D eigenvalue weighted by molar-refractivity contribution is 0.0478. The minimum absolute atomic E-state index is 0.0800. The molecule has 1 unspecified atom stereocenters. The third-order valence-corrected chi connectivity index (χ3v) is 6.59. The molecule has 1 amide bonds. The van der Waals surface area contributed by atoms with Crippen LogP contribution in [-0.2, 0) is 6.54 Å². The van der Waals surface area contributed by atoms with Gasteiger partial charge in [-0.2, -0.15) is 0 Å². The monoisotopic (exact) mass is 409 g/mol. The summed E-state index contributed by atoms with van der Waals surface area (Å²) in [6.45, 7) is 7.28. The molecule has 2 aromatic heterocycles. The molecule has 29 heavy (non-hydrogen) atoms. The summed E-state index contributed by atoms with van der Waals surface area (Å²) in [5.74, 6) is -0.173. The molecule has 3 heterocycles. The first-order valence-electron chi connectivity index (χ1n) is 9.81. The number of carbonyl (C=O) groups is 1. The van der Waals surface area contributed by atoms with Crippen LogP contribution < -0.4 is 0 Å². The SMILES string of the molecule is Cc1cc(C(=O)N2CCN(Cc3ccccn3)CC2C)sc1-c1ccc(F)cc1. The molecule has 6 heteroatoms. The fraction of sp³-hybridized carbons (Fsp3) is 0.304. The molecule has 4 nitrogen and oxygen atoms in total. The Morgan fingerprint density at radius 1 is 1.21 bits per heavy atom. The van der Waals surface area contributed by atoms with E-state index in [-0.39, 0.29) is 17.8 Å². The van der Waals surface area contributed by atoms with Crippen molar-refractivity contribution in [3.63, 3.8) is 0 Å². The van der Waals surface area contributed by atoms with E-state index in [1.165, 1.54) is 23.5 Å². The normalized spacial score (nSPS) is 17.5. The number of carbonyl (C=O) groups excluding carboxylic acids is 1. The van der Waals surface area contributed by atoms with Crippen molar-refractivity contribution in [2.75, 3.05) is 19.6 Å². The molecule has 0 saturated carbocycles. The fourth-order valence-electron chi connectivity index (χ4n) is 3.82. The van der Waals surface area contributed by atoms with Crippen molar-refractivity contribution in [1.82, 2.24) is 14.8 Å². The molecule has 1 atom stereocenters. The highest BCUT2D eigenvalue weighted by atomic mass is 32.1. The number of amides is 1. The standard InChI is InChI=1S/C23H24FN3OS/c1-16-13-21(29-22(16)18-6-8-19(24)9-7-18)23(28)27-12-11-26(14-17(27)2)15-20-5-3-4-10-25-20/h3-10,13,17H,11-12,14-15H2,1-2H3. The smallest absolute Gasteiger partial charge is 0.264 e. The average Bonchev–Trinajstić information content (AvgIpc) is 3.11. The Labute approximate surface area is 174 Å². The first kappa shape index (κ1) is 19.7. The summed E-state index contributed by atoms with van der Waals surface area (Å²) in [6.07, 6.45) is 1.82. The van der Waals surface area contributed by atoms with Crippen LogP contribution in [0.3, 0.4) is 0 Å². The van der Waals surface area contributed by atoms with E-state index < -0.39 is 0 Å². The fourth-order valence-corrected chi connectivity index (χ4v) is 4.95. The molecular weight excluding hydrogens is 385 g/mol. The van der Waals surface area contributed by atoms with E-state index >= 15 is 0 Å². The van der Waals surface area contributed by atoms with Crippen molar-refractivity contribution in [3.8, 4) is 10.4 Å². The molecule has 3 aromatic rings. The van der Waals surface area contributed by atoms with E-state index in [4.69, 9.17) is 0 Å². The summed E-state index contributed by atoms with van der Waals surface area (Å²) >= 11 is 1.49. The molecule has 0 spiro atoms. The van der Waals surface area contributed by atoms with Gasteiger partial charge in [-0.25, -0.2) is 4.39 Å². The van der Waals surface area contributed by atoms with Gasteiger partial charge >= 0.3 is 0 Å². The first-order valence-corrected chi connectivity index (χ1v) is 10.6. The number of thiophene rings is 1. The Morgan fingerprint density at radius 2 is 2.00 bits per heavy atom. The summed E-state index contributed by atoms with van der Waals surface area (Å²) in [7, 11) is 0. The minimum atomic E-state index is -0.253. The van der Waals surface area contributed by atoms with Crippen molar-refractivity contribution in [2.45, 2.75) is 26.4 Å². The summed E-state index contributed by atoms with van der Waals surface area (Å²) in [6, 6.07) is 14.5. The van der Waals surface area contributed by atoms with Crippen molar-refractivity contribution < 1.29 is 9.18 Å². The molecule has 150 valence electrons. The average molecular weight is 410 g/mol. The zero-order valence-electron chi connectivity index (χ0n) is 16.6. The second-order valence-electron chi connectivity index (χ2n) is 7.53. The van der Waals surface area contributed by atoms with Gasteiger partial charge in [-0.1, -0.05) is 18.2 Å². The van der Waals surface area contributed by atoms with Gasteiger partial charge < -0.3 is 4.90 Å². The lowest BCUT2D eigenvalue weighted by Gasteiger charge is -2.39. The van der Waals surface area contributed by atoms with Crippen molar-refractivity contribution in [1.29, 1.82) is 0 Å². The highest BCUT2D eigenvalue weighted by Crippen LogP contribution is 2.33. The van der Waals surface area contributed by atoms with Crippen LogP contribution in [0.25, 0.3) is 10.4 Å². The topological polar surface area (TPSA) is 36.4 Å². The molecule has 0 aliphatic carbocycles. The molecule has 1 saturated heterocycles. The number of halogens is 1. The van der Waals surface area contributed by atoms with Gasteiger partial charge in [0.1, 0.15) is 5.82 Å². The Hall–Kier alpha value is -2.57. The van der Waals surface area contributed by atoms with E-state index in [2.05, 4.69) is 16.8 Å². The maximum atomic E-state index is 13.2. The zero-order valence-corrected chi connectivity index (χ0v) is 17.5. The third-order valence-electron chi connectivity index (χ3n) is 5.32. The number of nitrogens with zero attached hydrogens (tertiary/aromatic N) is 3. The van der Waals surface area contributed by atoms with E-state index in [9.17, 15) is 9.18 Å². The molecule has 1 aliphatic rings. The Kier molecular flexibility index (Phi) is 5.74. The van der Waals surface area contributed by atoms with E-state index in [1.54, 1.807) is 12.1 Å². The second kappa shape index (κ2) is 8.43. The number of pyridine rings is 1. The van der Waals surface area contributed by atoms with Crippen LogP contribution in [0.15, 0.2) is 54.7 Å². The maximum absolute atomic E-state index is 13.2. The van der Waals surface area contributed by atoms with Crippen molar-refractivity contribution >= 4 is 17.2 Å². The van der Waals surface area contributed by atoms with Crippen LogP contribution in [0.4, 0.5) is 4.39 Å². The van der Waals surface area contributed by atoms with E-state index in [0.29, 0.717) is 6.54 Å². The van der Waals surface area contributed by atoms with Crippen LogP contribution in [0.2, 0.25) is 0 Å². The van der Waals surface area contributed by atoms with Crippen molar-refractivity contribution in [2.24, 2.45) is 0 Å². The first-order chi connectivity index (χ1) is 14.0. The number of aromatic nitrogens is 1. The van der Waals surface area contributed by atoms with Gasteiger partial charge in [0.25, 0.3) is 5.91 Å². The summed E-state index contributed by atoms with van der Waals surface area (Å²) in [5.41, 5.74) is 3.05. The zero-order chi connectivity index (χ0) is 20.4. The lowest BCUT2D eigenvalue weighted by Crippen LogP contribution is -2.53. The largest absolute Gasteiger partial charge is 0.333 e. The van der Waals surface area contributed by atoms with Gasteiger partial charge in [-0.15, -0.1) is 11.3 Å². The predicted octanol–water partition coefficient (Wildman–Crippen LogP) is 4.60. The van der Waals surface area contributed by atoms with Crippen LogP contribution in [-0.4, -0.2) is 46.4 Å². The summed E-state index contributed by atoms with van der Waals surface area (Å²) in [4.78, 5) is 23.7. The van der Waals surface area contributed by atoms with E-state index in [1.807, 2.05) is 42.3 Å². The molecule has 0 radical (unpaired) electrons.